The highest BCUT2D eigenvalue weighted by Gasteiger charge is 2.49. The van der Waals surface area contributed by atoms with Crippen LogP contribution in [0.25, 0.3) is 0 Å². The Balaban J connectivity index is 1.82. The van der Waals surface area contributed by atoms with E-state index in [1.165, 1.54) is 0 Å². The standard InChI is InChI=1S/C16H17N3O2/c20-10-12-3-5-13(6-4-12)16-11-18-8-1-2-14(18)15(21)19(16)9-7-17-16/h1-6,8,17,20H,7,9-11H2. The molecular formula is C16H17N3O2. The molecule has 0 aliphatic carbocycles. The first-order valence-electron chi connectivity index (χ1n) is 7.17. The molecule has 2 aliphatic heterocycles. The molecule has 4 rings (SSSR count). The molecule has 0 spiro atoms. The lowest BCUT2D eigenvalue weighted by Gasteiger charge is -2.43. The van der Waals surface area contributed by atoms with Gasteiger partial charge in [0, 0.05) is 19.3 Å². The van der Waals surface area contributed by atoms with E-state index >= 15 is 0 Å². The van der Waals surface area contributed by atoms with Crippen LogP contribution in [-0.4, -0.2) is 33.6 Å². The molecule has 5 nitrogen and oxygen atoms in total. The Morgan fingerprint density at radius 2 is 2.05 bits per heavy atom. The third-order valence-corrected chi connectivity index (χ3v) is 4.52. The van der Waals surface area contributed by atoms with Crippen LogP contribution in [0.5, 0.6) is 0 Å². The van der Waals surface area contributed by atoms with E-state index in [0.29, 0.717) is 13.1 Å². The van der Waals surface area contributed by atoms with Crippen LogP contribution >= 0.6 is 0 Å². The minimum absolute atomic E-state index is 0.0328. The van der Waals surface area contributed by atoms with Gasteiger partial charge >= 0.3 is 0 Å². The van der Waals surface area contributed by atoms with E-state index in [1.54, 1.807) is 0 Å². The molecule has 1 saturated heterocycles. The monoisotopic (exact) mass is 283 g/mol. The van der Waals surface area contributed by atoms with Gasteiger partial charge in [0.05, 0.1) is 13.2 Å². The summed E-state index contributed by atoms with van der Waals surface area (Å²) in [4.78, 5) is 14.6. The van der Waals surface area contributed by atoms with Crippen molar-refractivity contribution in [1.29, 1.82) is 0 Å². The van der Waals surface area contributed by atoms with Crippen LogP contribution in [0.15, 0.2) is 42.6 Å². The summed E-state index contributed by atoms with van der Waals surface area (Å²) in [6.45, 7) is 2.24. The van der Waals surface area contributed by atoms with Crippen molar-refractivity contribution < 1.29 is 9.90 Å². The Morgan fingerprint density at radius 1 is 1.24 bits per heavy atom. The Kier molecular flexibility index (Phi) is 2.67. The van der Waals surface area contributed by atoms with Crippen molar-refractivity contribution in [2.75, 3.05) is 13.1 Å². The van der Waals surface area contributed by atoms with E-state index in [-0.39, 0.29) is 12.5 Å². The van der Waals surface area contributed by atoms with Crippen LogP contribution in [0, 0.1) is 0 Å². The minimum Gasteiger partial charge on any atom is -0.392 e. The number of hydrogen-bond donors (Lipinski definition) is 2. The lowest BCUT2D eigenvalue weighted by atomic mass is 9.95. The largest absolute Gasteiger partial charge is 0.392 e. The van der Waals surface area contributed by atoms with Crippen LogP contribution in [0.3, 0.4) is 0 Å². The molecule has 108 valence electrons. The zero-order valence-electron chi connectivity index (χ0n) is 11.6. The van der Waals surface area contributed by atoms with Crippen LogP contribution < -0.4 is 5.32 Å². The summed E-state index contributed by atoms with van der Waals surface area (Å²) in [6, 6.07) is 11.6. The van der Waals surface area contributed by atoms with Gasteiger partial charge in [0.2, 0.25) is 0 Å². The maximum Gasteiger partial charge on any atom is 0.272 e. The molecule has 3 heterocycles. The fraction of sp³-hybridized carbons (Fsp3) is 0.312. The third kappa shape index (κ3) is 1.68. The van der Waals surface area contributed by atoms with Crippen molar-refractivity contribution in [2.24, 2.45) is 0 Å². The SMILES string of the molecule is O=C1c2cccn2CC2(c3ccc(CO)cc3)NCCN12. The van der Waals surface area contributed by atoms with Gasteiger partial charge in [-0.15, -0.1) is 0 Å². The number of amides is 1. The Morgan fingerprint density at radius 3 is 2.81 bits per heavy atom. The fourth-order valence-corrected chi connectivity index (χ4v) is 3.44. The average Bonchev–Trinajstić information content (AvgIpc) is 3.15. The molecule has 2 N–H and O–H groups in total. The molecule has 5 heteroatoms. The summed E-state index contributed by atoms with van der Waals surface area (Å²) in [5, 5.41) is 12.7. The quantitative estimate of drug-likeness (QED) is 0.860. The van der Waals surface area contributed by atoms with Crippen molar-refractivity contribution in [1.82, 2.24) is 14.8 Å². The number of aliphatic hydroxyl groups excluding tert-OH is 1. The summed E-state index contributed by atoms with van der Waals surface area (Å²) in [6.07, 6.45) is 1.95. The number of nitrogens with one attached hydrogen (secondary N) is 1. The van der Waals surface area contributed by atoms with E-state index in [2.05, 4.69) is 5.32 Å². The lowest BCUT2D eigenvalue weighted by Crippen LogP contribution is -2.57. The predicted molar refractivity (Wildman–Crippen MR) is 77.5 cm³/mol. The van der Waals surface area contributed by atoms with Gasteiger partial charge in [-0.25, -0.2) is 0 Å². The molecule has 0 radical (unpaired) electrons. The first-order chi connectivity index (χ1) is 10.2. The van der Waals surface area contributed by atoms with Crippen LogP contribution in [0.1, 0.15) is 21.6 Å². The van der Waals surface area contributed by atoms with Crippen molar-refractivity contribution in [3.8, 4) is 0 Å². The molecule has 0 saturated carbocycles. The number of nitrogens with zero attached hydrogens (tertiary/aromatic N) is 2. The molecule has 1 atom stereocenters. The minimum atomic E-state index is -0.475. The highest BCUT2D eigenvalue weighted by molar-refractivity contribution is 5.94. The number of rotatable bonds is 2. The normalized spacial score (nSPS) is 24.0. The summed E-state index contributed by atoms with van der Waals surface area (Å²) in [5.41, 5.74) is 2.21. The van der Waals surface area contributed by atoms with E-state index in [4.69, 9.17) is 0 Å². The van der Waals surface area contributed by atoms with Crippen molar-refractivity contribution in [3.63, 3.8) is 0 Å². The lowest BCUT2D eigenvalue weighted by molar-refractivity contribution is 0.0398. The molecule has 21 heavy (non-hydrogen) atoms. The van der Waals surface area contributed by atoms with Crippen LogP contribution in [-0.2, 0) is 18.8 Å². The molecule has 1 amide bonds. The summed E-state index contributed by atoms with van der Waals surface area (Å²) in [5.74, 6) is 0.0717. The molecular weight excluding hydrogens is 266 g/mol. The highest BCUT2D eigenvalue weighted by Crippen LogP contribution is 2.36. The molecule has 2 aliphatic rings. The smallest absolute Gasteiger partial charge is 0.272 e. The average molecular weight is 283 g/mol. The third-order valence-electron chi connectivity index (χ3n) is 4.52. The predicted octanol–water partition coefficient (Wildman–Crippen LogP) is 0.892. The highest BCUT2D eigenvalue weighted by atomic mass is 16.3. The van der Waals surface area contributed by atoms with E-state index in [1.807, 2.05) is 52.1 Å². The van der Waals surface area contributed by atoms with E-state index < -0.39 is 5.66 Å². The second-order valence-electron chi connectivity index (χ2n) is 5.62. The number of benzene rings is 1. The molecule has 1 unspecified atom stereocenters. The Hall–Kier alpha value is -2.11. The van der Waals surface area contributed by atoms with Crippen LogP contribution in [0.2, 0.25) is 0 Å². The van der Waals surface area contributed by atoms with Gasteiger partial charge in [-0.2, -0.15) is 0 Å². The molecule has 1 aromatic carbocycles. The second-order valence-corrected chi connectivity index (χ2v) is 5.62. The van der Waals surface area contributed by atoms with E-state index in [0.717, 1.165) is 23.4 Å². The number of hydrogen-bond acceptors (Lipinski definition) is 3. The first-order valence-corrected chi connectivity index (χ1v) is 7.17. The number of aliphatic hydroxyl groups is 1. The van der Waals surface area contributed by atoms with Crippen LogP contribution in [0.4, 0.5) is 0 Å². The number of carbonyl (C=O) groups excluding carboxylic acids is 1. The molecule has 0 bridgehead atoms. The number of fused-ring (bicyclic) bond motifs is 2. The van der Waals surface area contributed by atoms with Crippen molar-refractivity contribution in [2.45, 2.75) is 18.8 Å². The van der Waals surface area contributed by atoms with Gasteiger partial charge in [0.25, 0.3) is 5.91 Å². The second kappa shape index (κ2) is 4.44. The maximum absolute atomic E-state index is 12.7. The van der Waals surface area contributed by atoms with Gasteiger partial charge in [0.1, 0.15) is 11.4 Å². The van der Waals surface area contributed by atoms with Gasteiger partial charge in [-0.3, -0.25) is 10.1 Å². The van der Waals surface area contributed by atoms with Gasteiger partial charge in [0.15, 0.2) is 0 Å². The van der Waals surface area contributed by atoms with Crippen molar-refractivity contribution >= 4 is 5.91 Å². The fourth-order valence-electron chi connectivity index (χ4n) is 3.44. The summed E-state index contributed by atoms with van der Waals surface area (Å²) < 4.78 is 2.01. The van der Waals surface area contributed by atoms with Gasteiger partial charge < -0.3 is 14.6 Å². The summed E-state index contributed by atoms with van der Waals surface area (Å²) in [7, 11) is 0. The van der Waals surface area contributed by atoms with Gasteiger partial charge in [-0.05, 0) is 23.3 Å². The summed E-state index contributed by atoms with van der Waals surface area (Å²) >= 11 is 0. The first kappa shape index (κ1) is 12.6. The zero-order valence-corrected chi connectivity index (χ0v) is 11.6. The maximum atomic E-state index is 12.7. The topological polar surface area (TPSA) is 57.5 Å². The van der Waals surface area contributed by atoms with E-state index in [9.17, 15) is 9.90 Å². The van der Waals surface area contributed by atoms with Crippen molar-refractivity contribution in [3.05, 3.63) is 59.4 Å². The molecule has 1 aromatic heterocycles. The molecule has 1 fully saturated rings. The van der Waals surface area contributed by atoms with Gasteiger partial charge in [-0.1, -0.05) is 24.3 Å². The molecule has 2 aromatic rings. The zero-order chi connectivity index (χ0) is 14.4. The number of carbonyl (C=O) groups is 1. The Labute approximate surface area is 122 Å². The number of aromatic nitrogens is 1. The Bertz CT molecular complexity index is 692.